The summed E-state index contributed by atoms with van der Waals surface area (Å²) in [6, 6.07) is 4.12. The number of amidine groups is 1. The average molecular weight is 508 g/mol. The van der Waals surface area contributed by atoms with Crippen LogP contribution >= 0.6 is 0 Å². The van der Waals surface area contributed by atoms with Crippen LogP contribution in [-0.4, -0.2) is 51.0 Å². The van der Waals surface area contributed by atoms with Gasteiger partial charge < -0.3 is 20.5 Å². The second-order valence-electron chi connectivity index (χ2n) is 8.16. The Bertz CT molecular complexity index is 1090. The number of allylic oxidation sites excluding steroid dienone is 2. The van der Waals surface area contributed by atoms with Gasteiger partial charge in [0.05, 0.1) is 17.1 Å². The van der Waals surface area contributed by atoms with Crippen molar-refractivity contribution in [3.05, 3.63) is 47.4 Å². The van der Waals surface area contributed by atoms with Gasteiger partial charge in [0.1, 0.15) is 11.4 Å². The topological polar surface area (TPSA) is 135 Å². The Hall–Kier alpha value is -2.89. The summed E-state index contributed by atoms with van der Waals surface area (Å²) in [6.45, 7) is 14.5. The Kier molecular flexibility index (Phi) is 10.3. The average Bonchev–Trinajstić information content (AvgIpc) is 2.78. The van der Waals surface area contributed by atoms with E-state index in [4.69, 9.17) is 15.2 Å². The van der Waals surface area contributed by atoms with Crippen molar-refractivity contribution < 1.29 is 22.7 Å². The fraction of sp³-hybridized carbons (Fsp3) is 0.500. The molecule has 1 aromatic rings. The number of hydrogen-bond donors (Lipinski definition) is 3. The summed E-state index contributed by atoms with van der Waals surface area (Å²) in [5, 5.41) is 8.71. The number of sulfonamides is 1. The molecule has 1 atom stereocenters. The lowest BCUT2D eigenvalue weighted by atomic mass is 10.1. The van der Waals surface area contributed by atoms with Gasteiger partial charge in [0.15, 0.2) is 5.84 Å². The van der Waals surface area contributed by atoms with Crippen LogP contribution < -0.4 is 20.5 Å². The van der Waals surface area contributed by atoms with Crippen molar-refractivity contribution in [2.45, 2.75) is 64.8 Å². The number of carbonyl (C=O) groups excluding carboxylic acids is 1. The number of benzene rings is 1. The van der Waals surface area contributed by atoms with E-state index in [0.29, 0.717) is 49.7 Å². The summed E-state index contributed by atoms with van der Waals surface area (Å²) in [4.78, 5) is 13.0. The van der Waals surface area contributed by atoms with Crippen LogP contribution in [-0.2, 0) is 19.6 Å². The molecule has 1 aliphatic heterocycles. The van der Waals surface area contributed by atoms with Gasteiger partial charge >= 0.3 is 0 Å². The Morgan fingerprint density at radius 2 is 2.00 bits per heavy atom. The van der Waals surface area contributed by atoms with E-state index in [2.05, 4.69) is 21.7 Å². The Morgan fingerprint density at radius 1 is 1.29 bits per heavy atom. The summed E-state index contributed by atoms with van der Waals surface area (Å²) in [6.07, 6.45) is 1.92. The number of ether oxygens (including phenoxy) is 2. The summed E-state index contributed by atoms with van der Waals surface area (Å²) in [7, 11) is -3.86. The highest BCUT2D eigenvalue weighted by Crippen LogP contribution is 2.28. The van der Waals surface area contributed by atoms with Gasteiger partial charge in [-0.25, -0.2) is 18.1 Å². The molecule has 0 spiro atoms. The molecule has 1 aliphatic rings. The number of hydrazone groups is 1. The van der Waals surface area contributed by atoms with E-state index in [9.17, 15) is 13.2 Å². The highest BCUT2D eigenvalue weighted by Gasteiger charge is 2.30. The molecule has 4 N–H and O–H groups in total. The van der Waals surface area contributed by atoms with Gasteiger partial charge in [0, 0.05) is 30.6 Å². The zero-order valence-corrected chi connectivity index (χ0v) is 22.0. The lowest BCUT2D eigenvalue weighted by molar-refractivity contribution is -0.118. The monoisotopic (exact) mass is 507 g/mol. The molecule has 0 radical (unpaired) electrons. The van der Waals surface area contributed by atoms with Gasteiger partial charge in [0.2, 0.25) is 10.0 Å². The molecule has 10 nitrogen and oxygen atoms in total. The summed E-state index contributed by atoms with van der Waals surface area (Å²) in [5.41, 5.74) is 7.34. The van der Waals surface area contributed by atoms with Crippen molar-refractivity contribution in [1.29, 1.82) is 0 Å². The SMILES string of the molecule is C=C(CCC)N1N=C(c2cc(S(=O)(=O)NC(C)CCOCC)ccc2OCC)NC(=O)/C1=C(\C)N. The van der Waals surface area contributed by atoms with Crippen LogP contribution in [0.5, 0.6) is 5.75 Å². The smallest absolute Gasteiger partial charge is 0.277 e. The number of rotatable bonds is 13. The molecule has 35 heavy (non-hydrogen) atoms. The van der Waals surface area contributed by atoms with Gasteiger partial charge in [0.25, 0.3) is 5.91 Å². The molecular formula is C24H37N5O5S. The minimum atomic E-state index is -3.86. The number of amides is 1. The quantitative estimate of drug-likeness (QED) is 0.276. The molecule has 0 saturated heterocycles. The van der Waals surface area contributed by atoms with Gasteiger partial charge in [-0.15, -0.1) is 5.10 Å². The van der Waals surface area contributed by atoms with Crippen molar-refractivity contribution in [3.63, 3.8) is 0 Å². The number of hydrogen-bond acceptors (Lipinski definition) is 8. The third-order valence-corrected chi connectivity index (χ3v) is 6.73. The molecule has 1 unspecified atom stereocenters. The van der Waals surface area contributed by atoms with Gasteiger partial charge in [-0.05, 0) is 58.7 Å². The van der Waals surface area contributed by atoms with Crippen LogP contribution in [0.15, 0.2) is 51.9 Å². The normalized spacial score (nSPS) is 16.4. The van der Waals surface area contributed by atoms with E-state index in [0.717, 1.165) is 6.42 Å². The van der Waals surface area contributed by atoms with Gasteiger partial charge in [-0.1, -0.05) is 19.9 Å². The van der Waals surface area contributed by atoms with Crippen LogP contribution in [0.3, 0.4) is 0 Å². The van der Waals surface area contributed by atoms with Crippen molar-refractivity contribution in [2.75, 3.05) is 19.8 Å². The zero-order chi connectivity index (χ0) is 26.2. The molecule has 0 saturated carbocycles. The van der Waals surface area contributed by atoms with Crippen molar-refractivity contribution in [2.24, 2.45) is 10.8 Å². The number of nitrogens with one attached hydrogen (secondary N) is 2. The minimum absolute atomic E-state index is 0.0199. The van der Waals surface area contributed by atoms with E-state index < -0.39 is 15.9 Å². The fourth-order valence-electron chi connectivity index (χ4n) is 3.47. The molecule has 1 aromatic carbocycles. The molecule has 2 rings (SSSR count). The van der Waals surface area contributed by atoms with E-state index in [1.165, 1.54) is 17.1 Å². The first-order valence-corrected chi connectivity index (χ1v) is 13.2. The third-order valence-electron chi connectivity index (χ3n) is 5.14. The molecule has 1 amide bonds. The van der Waals surface area contributed by atoms with Crippen LogP contribution in [0.25, 0.3) is 0 Å². The van der Waals surface area contributed by atoms with Crippen LogP contribution in [0, 0.1) is 0 Å². The molecule has 0 bridgehead atoms. The first kappa shape index (κ1) is 28.3. The molecule has 0 aromatic heterocycles. The van der Waals surface area contributed by atoms with E-state index in [1.807, 2.05) is 20.8 Å². The second-order valence-corrected chi connectivity index (χ2v) is 9.88. The second kappa shape index (κ2) is 12.7. The molecular weight excluding hydrogens is 470 g/mol. The van der Waals surface area contributed by atoms with Gasteiger partial charge in [-0.2, -0.15) is 0 Å². The summed E-state index contributed by atoms with van der Waals surface area (Å²) >= 11 is 0. The zero-order valence-electron chi connectivity index (χ0n) is 21.2. The maximum absolute atomic E-state index is 13.1. The minimum Gasteiger partial charge on any atom is -0.493 e. The molecule has 11 heteroatoms. The Morgan fingerprint density at radius 3 is 2.60 bits per heavy atom. The summed E-state index contributed by atoms with van der Waals surface area (Å²) in [5.74, 6) is 0.0561. The lowest BCUT2D eigenvalue weighted by Gasteiger charge is -2.30. The summed E-state index contributed by atoms with van der Waals surface area (Å²) < 4.78 is 39.8. The molecule has 194 valence electrons. The molecule has 0 aliphatic carbocycles. The fourth-order valence-corrected chi connectivity index (χ4v) is 4.77. The van der Waals surface area contributed by atoms with Crippen LogP contribution in [0.1, 0.15) is 59.4 Å². The Balaban J connectivity index is 2.52. The van der Waals surface area contributed by atoms with E-state index in [1.54, 1.807) is 19.9 Å². The van der Waals surface area contributed by atoms with Gasteiger partial charge in [-0.3, -0.25) is 4.79 Å². The number of nitrogens with zero attached hydrogens (tertiary/aromatic N) is 2. The molecule has 1 heterocycles. The Labute approximate surface area is 208 Å². The maximum atomic E-state index is 13.1. The predicted octanol–water partition coefficient (Wildman–Crippen LogP) is 2.78. The van der Waals surface area contributed by atoms with Crippen LogP contribution in [0.2, 0.25) is 0 Å². The maximum Gasteiger partial charge on any atom is 0.277 e. The first-order valence-electron chi connectivity index (χ1n) is 11.8. The number of nitrogens with two attached hydrogens (primary N) is 1. The molecule has 0 fully saturated rings. The van der Waals surface area contributed by atoms with Crippen molar-refractivity contribution in [3.8, 4) is 5.75 Å². The third kappa shape index (κ3) is 7.30. The first-order chi connectivity index (χ1) is 16.5. The number of carbonyl (C=O) groups is 1. The standard InChI is InChI=1S/C24H37N5O5S/c1-7-10-17(5)29-22(18(6)25)24(30)26-23(27-29)20-15-19(11-12-21(20)34-9-3)35(31,32)28-16(4)13-14-33-8-2/h11-12,15-16,28H,5,7-10,13-14,25H2,1-4,6H3,(H,26,27,30)/b22-18-. The lowest BCUT2D eigenvalue weighted by Crippen LogP contribution is -2.44. The van der Waals surface area contributed by atoms with E-state index in [-0.39, 0.29) is 28.2 Å². The van der Waals surface area contributed by atoms with Crippen molar-refractivity contribution in [1.82, 2.24) is 15.0 Å². The largest absolute Gasteiger partial charge is 0.493 e. The van der Waals surface area contributed by atoms with Crippen molar-refractivity contribution >= 4 is 21.8 Å². The predicted molar refractivity (Wildman–Crippen MR) is 136 cm³/mol. The highest BCUT2D eigenvalue weighted by molar-refractivity contribution is 7.89. The van der Waals surface area contributed by atoms with Crippen LogP contribution in [0.4, 0.5) is 0 Å². The highest BCUT2D eigenvalue weighted by atomic mass is 32.2. The van der Waals surface area contributed by atoms with E-state index >= 15 is 0 Å².